The van der Waals surface area contributed by atoms with Crippen LogP contribution in [0.5, 0.6) is 5.75 Å². The Morgan fingerprint density at radius 2 is 1.94 bits per heavy atom. The third-order valence-electron chi connectivity index (χ3n) is 4.91. The summed E-state index contributed by atoms with van der Waals surface area (Å²) < 4.78 is 7.82. The van der Waals surface area contributed by atoms with Gasteiger partial charge >= 0.3 is 5.69 Å². The number of nitrogens with zero attached hydrogens (tertiary/aromatic N) is 2. The number of imidazole rings is 2. The fourth-order valence-corrected chi connectivity index (χ4v) is 3.42. The van der Waals surface area contributed by atoms with Crippen molar-refractivity contribution in [3.63, 3.8) is 0 Å². The van der Waals surface area contributed by atoms with Crippen LogP contribution in [0.1, 0.15) is 21.6 Å². The lowest BCUT2D eigenvalue weighted by Gasteiger charge is -2.08. The van der Waals surface area contributed by atoms with Gasteiger partial charge in [-0.05, 0) is 55.0 Å². The van der Waals surface area contributed by atoms with Gasteiger partial charge in [0.2, 0.25) is 0 Å². The van der Waals surface area contributed by atoms with Crippen molar-refractivity contribution in [1.29, 1.82) is 0 Å². The number of benzene rings is 2. The van der Waals surface area contributed by atoms with Crippen LogP contribution in [0.2, 0.25) is 0 Å². The molecule has 0 radical (unpaired) electrons. The predicted octanol–water partition coefficient (Wildman–Crippen LogP) is 3.64. The van der Waals surface area contributed by atoms with E-state index in [1.54, 1.807) is 42.5 Å². The molecular weight excluding hydrogens is 394 g/mol. The number of aryl methyl sites for hydroxylation is 1. The number of amides is 1. The number of hydrogen-bond acceptors (Lipinski definition) is 4. The summed E-state index contributed by atoms with van der Waals surface area (Å²) in [5.41, 5.74) is 4.88. The summed E-state index contributed by atoms with van der Waals surface area (Å²) in [5.74, 6) is 0.303. The first-order valence-electron chi connectivity index (χ1n) is 9.74. The molecule has 2 aromatic carbocycles. The standard InChI is InChI=1S/C23H19N5O3/c1-14-5-8-21-24-17(12-28(21)11-14)13-31-18-4-2-3-15(9-18)22(29)25-16-6-7-19-20(10-16)27-23(30)26-19/h2-12H,13H2,1H3,(H,25,29)(H2,26,27,30). The van der Waals surface area contributed by atoms with Crippen molar-refractivity contribution in [3.8, 4) is 5.75 Å². The second-order valence-electron chi connectivity index (χ2n) is 7.31. The molecule has 0 saturated heterocycles. The highest BCUT2D eigenvalue weighted by Crippen LogP contribution is 2.19. The highest BCUT2D eigenvalue weighted by atomic mass is 16.5. The Kier molecular flexibility index (Phi) is 4.51. The Balaban J connectivity index is 1.29. The third-order valence-corrected chi connectivity index (χ3v) is 4.91. The highest BCUT2D eigenvalue weighted by Gasteiger charge is 2.09. The first-order valence-corrected chi connectivity index (χ1v) is 9.74. The van der Waals surface area contributed by atoms with E-state index in [4.69, 9.17) is 4.74 Å². The van der Waals surface area contributed by atoms with Crippen molar-refractivity contribution in [2.75, 3.05) is 5.32 Å². The molecule has 1 amide bonds. The first-order chi connectivity index (χ1) is 15.0. The second-order valence-corrected chi connectivity index (χ2v) is 7.31. The van der Waals surface area contributed by atoms with Gasteiger partial charge in [0.05, 0.1) is 16.7 Å². The van der Waals surface area contributed by atoms with Crippen LogP contribution >= 0.6 is 0 Å². The average Bonchev–Trinajstić information content (AvgIpc) is 3.33. The maximum absolute atomic E-state index is 12.7. The Morgan fingerprint density at radius 1 is 1.06 bits per heavy atom. The van der Waals surface area contributed by atoms with Gasteiger partial charge in [-0.2, -0.15) is 0 Å². The van der Waals surface area contributed by atoms with E-state index in [0.717, 1.165) is 16.9 Å². The molecule has 31 heavy (non-hydrogen) atoms. The van der Waals surface area contributed by atoms with Crippen molar-refractivity contribution >= 4 is 28.3 Å². The summed E-state index contributed by atoms with van der Waals surface area (Å²) in [6.07, 6.45) is 3.94. The number of carbonyl (C=O) groups excluding carboxylic acids is 1. The number of aromatic amines is 2. The summed E-state index contributed by atoms with van der Waals surface area (Å²) in [4.78, 5) is 33.9. The number of rotatable bonds is 5. The molecule has 3 aromatic heterocycles. The number of nitrogens with one attached hydrogen (secondary N) is 3. The van der Waals surface area contributed by atoms with Crippen LogP contribution < -0.4 is 15.7 Å². The van der Waals surface area contributed by atoms with E-state index in [-0.39, 0.29) is 11.6 Å². The average molecular weight is 413 g/mol. The summed E-state index contributed by atoms with van der Waals surface area (Å²) in [5, 5.41) is 2.84. The molecule has 8 nitrogen and oxygen atoms in total. The van der Waals surface area contributed by atoms with Crippen molar-refractivity contribution in [3.05, 3.63) is 94.3 Å². The Labute approximate surface area is 176 Å². The van der Waals surface area contributed by atoms with Gasteiger partial charge in [0.15, 0.2) is 0 Å². The van der Waals surface area contributed by atoms with Crippen LogP contribution in [0.15, 0.2) is 71.8 Å². The smallest absolute Gasteiger partial charge is 0.323 e. The number of carbonyl (C=O) groups is 1. The third kappa shape index (κ3) is 3.91. The predicted molar refractivity (Wildman–Crippen MR) is 118 cm³/mol. The second kappa shape index (κ2) is 7.49. The minimum absolute atomic E-state index is 0.272. The van der Waals surface area contributed by atoms with Crippen molar-refractivity contribution in [2.24, 2.45) is 0 Å². The van der Waals surface area contributed by atoms with Gasteiger partial charge in [-0.1, -0.05) is 12.1 Å². The fraction of sp³-hybridized carbons (Fsp3) is 0.0870. The molecule has 8 heteroatoms. The zero-order chi connectivity index (χ0) is 21.4. The van der Waals surface area contributed by atoms with Gasteiger partial charge in [0, 0.05) is 23.6 Å². The van der Waals surface area contributed by atoms with E-state index < -0.39 is 0 Å². The van der Waals surface area contributed by atoms with Gasteiger partial charge < -0.3 is 24.4 Å². The van der Waals surface area contributed by atoms with Crippen LogP contribution in [0.4, 0.5) is 5.69 Å². The van der Waals surface area contributed by atoms with Crippen LogP contribution in [0.3, 0.4) is 0 Å². The van der Waals surface area contributed by atoms with E-state index >= 15 is 0 Å². The summed E-state index contributed by atoms with van der Waals surface area (Å²) in [6.45, 7) is 2.32. The summed E-state index contributed by atoms with van der Waals surface area (Å²) >= 11 is 0. The number of hydrogen-bond donors (Lipinski definition) is 3. The molecule has 0 spiro atoms. The number of H-pyrrole nitrogens is 2. The van der Waals surface area contributed by atoms with Crippen LogP contribution in [0, 0.1) is 6.92 Å². The van der Waals surface area contributed by atoms with Gasteiger partial charge in [-0.3, -0.25) is 4.79 Å². The van der Waals surface area contributed by atoms with Crippen molar-refractivity contribution < 1.29 is 9.53 Å². The quantitative estimate of drug-likeness (QED) is 0.409. The molecule has 0 aliphatic carbocycles. The van der Waals surface area contributed by atoms with E-state index in [1.165, 1.54) is 0 Å². The molecule has 0 fully saturated rings. The Bertz CT molecular complexity index is 1480. The lowest BCUT2D eigenvalue weighted by atomic mass is 10.2. The number of aromatic nitrogens is 4. The van der Waals surface area contributed by atoms with Crippen LogP contribution in [0.25, 0.3) is 16.7 Å². The first kappa shape index (κ1) is 18.7. The zero-order valence-corrected chi connectivity index (χ0v) is 16.7. The van der Waals surface area contributed by atoms with Crippen molar-refractivity contribution in [1.82, 2.24) is 19.4 Å². The normalized spacial score (nSPS) is 11.1. The number of pyridine rings is 1. The largest absolute Gasteiger partial charge is 0.487 e. The summed E-state index contributed by atoms with van der Waals surface area (Å²) in [6, 6.07) is 16.1. The number of ether oxygens (including phenoxy) is 1. The van der Waals surface area contributed by atoms with E-state index in [1.807, 2.05) is 35.9 Å². The molecule has 5 aromatic rings. The molecule has 5 rings (SSSR count). The SMILES string of the molecule is Cc1ccc2nc(COc3cccc(C(=O)Nc4ccc5[nH]c(=O)[nH]c5c4)c3)cn2c1. The van der Waals surface area contributed by atoms with Crippen molar-refractivity contribution in [2.45, 2.75) is 13.5 Å². The minimum Gasteiger partial charge on any atom is -0.487 e. The van der Waals surface area contributed by atoms with Gasteiger partial charge in [0.25, 0.3) is 5.91 Å². The topological polar surface area (TPSA) is 104 Å². The van der Waals surface area contributed by atoms with E-state index in [9.17, 15) is 9.59 Å². The molecule has 0 aliphatic rings. The Morgan fingerprint density at radius 3 is 2.84 bits per heavy atom. The maximum atomic E-state index is 12.7. The lowest BCUT2D eigenvalue weighted by molar-refractivity contribution is 0.102. The summed E-state index contributed by atoms with van der Waals surface area (Å²) in [7, 11) is 0. The van der Waals surface area contributed by atoms with Gasteiger partial charge in [0.1, 0.15) is 18.0 Å². The molecule has 3 N–H and O–H groups in total. The molecular formula is C23H19N5O3. The monoisotopic (exact) mass is 413 g/mol. The highest BCUT2D eigenvalue weighted by molar-refractivity contribution is 6.05. The van der Waals surface area contributed by atoms with Gasteiger partial charge in [-0.15, -0.1) is 0 Å². The number of anilines is 1. The van der Waals surface area contributed by atoms with Crippen LogP contribution in [-0.4, -0.2) is 25.3 Å². The maximum Gasteiger partial charge on any atom is 0.323 e. The van der Waals surface area contributed by atoms with E-state index in [0.29, 0.717) is 34.6 Å². The van der Waals surface area contributed by atoms with E-state index in [2.05, 4.69) is 20.3 Å². The molecule has 0 bridgehead atoms. The molecule has 0 atom stereocenters. The zero-order valence-electron chi connectivity index (χ0n) is 16.7. The molecule has 154 valence electrons. The van der Waals surface area contributed by atoms with Crippen LogP contribution in [-0.2, 0) is 6.61 Å². The minimum atomic E-state index is -0.288. The van der Waals surface area contributed by atoms with Gasteiger partial charge in [-0.25, -0.2) is 9.78 Å². The Hall–Kier alpha value is -4.33. The number of fused-ring (bicyclic) bond motifs is 2. The molecule has 0 aliphatic heterocycles. The molecule has 0 saturated carbocycles. The lowest BCUT2D eigenvalue weighted by Crippen LogP contribution is -2.12. The molecule has 0 unspecified atom stereocenters. The molecule has 3 heterocycles. The fourth-order valence-electron chi connectivity index (χ4n) is 3.42.